The Morgan fingerprint density at radius 1 is 1.13 bits per heavy atom. The molecule has 0 aromatic rings. The SMILES string of the molecule is C=C1C(=CC=C2CCCC3C2CC[C@@H]3C2(CCCC(C)(C)O)CC2)C[C@@H](O)C[C@@H]1O. The Hall–Kier alpha value is -0.900. The lowest BCUT2D eigenvalue weighted by Gasteiger charge is -2.36. The van der Waals surface area contributed by atoms with Crippen molar-refractivity contribution in [2.24, 2.45) is 23.2 Å². The molecule has 5 atom stereocenters. The van der Waals surface area contributed by atoms with Gasteiger partial charge in [0.25, 0.3) is 0 Å². The van der Waals surface area contributed by atoms with Crippen molar-refractivity contribution < 1.29 is 15.3 Å². The third-order valence-corrected chi connectivity index (χ3v) is 8.71. The van der Waals surface area contributed by atoms with Gasteiger partial charge in [0, 0.05) is 6.42 Å². The first kappa shape index (κ1) is 22.3. The van der Waals surface area contributed by atoms with E-state index in [0.717, 1.165) is 41.7 Å². The molecule has 0 aliphatic heterocycles. The summed E-state index contributed by atoms with van der Waals surface area (Å²) in [6.45, 7) is 7.93. The minimum absolute atomic E-state index is 0.411. The van der Waals surface area contributed by atoms with Gasteiger partial charge in [0.2, 0.25) is 0 Å². The smallest absolute Gasteiger partial charge is 0.0811 e. The fourth-order valence-corrected chi connectivity index (χ4v) is 6.93. The minimum atomic E-state index is -0.605. The van der Waals surface area contributed by atoms with Crippen LogP contribution in [-0.2, 0) is 0 Å². The Morgan fingerprint density at radius 2 is 1.90 bits per heavy atom. The molecule has 3 heteroatoms. The van der Waals surface area contributed by atoms with Crippen LogP contribution < -0.4 is 0 Å². The predicted molar refractivity (Wildman–Crippen MR) is 122 cm³/mol. The van der Waals surface area contributed by atoms with Gasteiger partial charge in [-0.1, -0.05) is 30.7 Å². The van der Waals surface area contributed by atoms with Crippen LogP contribution in [-0.4, -0.2) is 33.1 Å². The number of fused-ring (bicyclic) bond motifs is 1. The summed E-state index contributed by atoms with van der Waals surface area (Å²) in [7, 11) is 0. The molecule has 2 unspecified atom stereocenters. The van der Waals surface area contributed by atoms with E-state index in [-0.39, 0.29) is 0 Å². The second-order valence-electron chi connectivity index (χ2n) is 11.4. The topological polar surface area (TPSA) is 60.7 Å². The molecule has 3 N–H and O–H groups in total. The molecule has 4 fully saturated rings. The third kappa shape index (κ3) is 4.79. The summed E-state index contributed by atoms with van der Waals surface area (Å²) in [5, 5.41) is 30.2. The van der Waals surface area contributed by atoms with Crippen molar-refractivity contribution in [2.75, 3.05) is 0 Å². The zero-order valence-corrected chi connectivity index (χ0v) is 19.1. The van der Waals surface area contributed by atoms with Gasteiger partial charge in [0.1, 0.15) is 0 Å². The number of aliphatic hydroxyl groups excluding tert-OH is 2. The van der Waals surface area contributed by atoms with Crippen molar-refractivity contribution in [1.29, 1.82) is 0 Å². The second kappa shape index (κ2) is 8.56. The maximum absolute atomic E-state index is 10.1. The van der Waals surface area contributed by atoms with E-state index in [4.69, 9.17) is 0 Å². The van der Waals surface area contributed by atoms with Gasteiger partial charge < -0.3 is 15.3 Å². The van der Waals surface area contributed by atoms with Crippen molar-refractivity contribution in [2.45, 2.75) is 109 Å². The van der Waals surface area contributed by atoms with Gasteiger partial charge in [0.15, 0.2) is 0 Å². The second-order valence-corrected chi connectivity index (χ2v) is 11.4. The Balaban J connectivity index is 1.43. The zero-order chi connectivity index (χ0) is 21.5. The largest absolute Gasteiger partial charge is 0.393 e. The van der Waals surface area contributed by atoms with E-state index in [1.807, 2.05) is 13.8 Å². The lowest BCUT2D eigenvalue weighted by molar-refractivity contribution is 0.0633. The maximum Gasteiger partial charge on any atom is 0.0811 e. The minimum Gasteiger partial charge on any atom is -0.393 e. The maximum atomic E-state index is 10.1. The molecule has 0 aromatic carbocycles. The molecule has 4 aliphatic rings. The molecule has 4 rings (SSSR count). The highest BCUT2D eigenvalue weighted by atomic mass is 16.3. The van der Waals surface area contributed by atoms with Crippen molar-refractivity contribution >= 4 is 0 Å². The first-order valence-electron chi connectivity index (χ1n) is 12.4. The number of hydrogen-bond acceptors (Lipinski definition) is 3. The molecule has 168 valence electrons. The van der Waals surface area contributed by atoms with E-state index in [1.54, 1.807) is 5.57 Å². The number of hydrogen-bond donors (Lipinski definition) is 3. The quantitative estimate of drug-likeness (QED) is 0.541. The molecule has 0 amide bonds. The highest BCUT2D eigenvalue weighted by Gasteiger charge is 2.55. The Labute approximate surface area is 183 Å². The van der Waals surface area contributed by atoms with E-state index in [2.05, 4.69) is 18.7 Å². The first-order chi connectivity index (χ1) is 14.2. The van der Waals surface area contributed by atoms with Crippen LogP contribution in [0.5, 0.6) is 0 Å². The molecule has 0 aromatic heterocycles. The third-order valence-electron chi connectivity index (χ3n) is 8.71. The number of rotatable bonds is 6. The summed E-state index contributed by atoms with van der Waals surface area (Å²) < 4.78 is 0. The van der Waals surface area contributed by atoms with E-state index in [0.29, 0.717) is 18.3 Å². The summed E-state index contributed by atoms with van der Waals surface area (Å²) >= 11 is 0. The molecule has 4 aliphatic carbocycles. The summed E-state index contributed by atoms with van der Waals surface area (Å²) in [5.41, 5.74) is 3.44. The normalized spacial score (nSPS) is 38.8. The van der Waals surface area contributed by atoms with Crippen LogP contribution in [0.1, 0.15) is 90.9 Å². The van der Waals surface area contributed by atoms with Gasteiger partial charge in [-0.05, 0) is 112 Å². The lowest BCUT2D eigenvalue weighted by atomic mass is 9.69. The molecule has 4 saturated carbocycles. The van der Waals surface area contributed by atoms with Crippen LogP contribution >= 0.6 is 0 Å². The van der Waals surface area contributed by atoms with Gasteiger partial charge in [-0.15, -0.1) is 0 Å². The van der Waals surface area contributed by atoms with E-state index < -0.39 is 17.8 Å². The molecule has 0 bridgehead atoms. The molecular weight excluding hydrogens is 372 g/mol. The average molecular weight is 415 g/mol. The Bertz CT molecular complexity index is 706. The summed E-state index contributed by atoms with van der Waals surface area (Å²) in [6, 6.07) is 0. The van der Waals surface area contributed by atoms with E-state index >= 15 is 0 Å². The molecule has 0 radical (unpaired) electrons. The Kier molecular flexibility index (Phi) is 6.36. The zero-order valence-electron chi connectivity index (χ0n) is 19.1. The average Bonchev–Trinajstić information content (AvgIpc) is 3.31. The van der Waals surface area contributed by atoms with Gasteiger partial charge in [-0.2, -0.15) is 0 Å². The lowest BCUT2D eigenvalue weighted by Crippen LogP contribution is -2.28. The van der Waals surface area contributed by atoms with E-state index in [9.17, 15) is 15.3 Å². The molecule has 3 nitrogen and oxygen atoms in total. The van der Waals surface area contributed by atoms with Gasteiger partial charge >= 0.3 is 0 Å². The molecule has 0 saturated heterocycles. The van der Waals surface area contributed by atoms with Crippen molar-refractivity contribution in [3.8, 4) is 0 Å². The van der Waals surface area contributed by atoms with Gasteiger partial charge in [-0.25, -0.2) is 0 Å². The molecule has 0 spiro atoms. The summed E-state index contributed by atoms with van der Waals surface area (Å²) in [6.07, 6.45) is 17.1. The number of allylic oxidation sites excluding steroid dienone is 3. The van der Waals surface area contributed by atoms with Crippen LogP contribution in [0.15, 0.2) is 35.5 Å². The number of aliphatic hydroxyl groups is 3. The van der Waals surface area contributed by atoms with Crippen molar-refractivity contribution in [1.82, 2.24) is 0 Å². The Morgan fingerprint density at radius 3 is 2.60 bits per heavy atom. The fourth-order valence-electron chi connectivity index (χ4n) is 6.93. The molecule has 30 heavy (non-hydrogen) atoms. The molecular formula is C27H42O3. The summed E-state index contributed by atoms with van der Waals surface area (Å²) in [5.74, 6) is 2.42. The first-order valence-corrected chi connectivity index (χ1v) is 12.4. The van der Waals surface area contributed by atoms with Crippen LogP contribution in [0.4, 0.5) is 0 Å². The van der Waals surface area contributed by atoms with Crippen molar-refractivity contribution in [3.63, 3.8) is 0 Å². The highest BCUT2D eigenvalue weighted by Crippen LogP contribution is 2.65. The predicted octanol–water partition coefficient (Wildman–Crippen LogP) is 5.46. The van der Waals surface area contributed by atoms with Gasteiger partial charge in [0.05, 0.1) is 17.8 Å². The van der Waals surface area contributed by atoms with Crippen molar-refractivity contribution in [3.05, 3.63) is 35.5 Å². The van der Waals surface area contributed by atoms with E-state index in [1.165, 1.54) is 51.4 Å². The van der Waals surface area contributed by atoms with Crippen LogP contribution in [0, 0.1) is 23.2 Å². The standard InChI is InChI=1S/C27H42O3/c1-18-20(16-21(28)17-25(18)29)9-8-19-6-4-7-23-22(19)10-11-24(23)27(14-15-27)13-5-12-26(2,3)30/h8-9,21-25,28-30H,1,4-7,10-17H2,2-3H3/t21-,22?,23?,24+,25+/m1/s1. The molecule has 0 heterocycles. The highest BCUT2D eigenvalue weighted by molar-refractivity contribution is 5.38. The summed E-state index contributed by atoms with van der Waals surface area (Å²) in [4.78, 5) is 0. The van der Waals surface area contributed by atoms with Crippen LogP contribution in [0.2, 0.25) is 0 Å². The monoisotopic (exact) mass is 414 g/mol. The fraction of sp³-hybridized carbons (Fsp3) is 0.778. The van der Waals surface area contributed by atoms with Gasteiger partial charge in [-0.3, -0.25) is 0 Å². The van der Waals surface area contributed by atoms with Crippen LogP contribution in [0.25, 0.3) is 0 Å². The van der Waals surface area contributed by atoms with Crippen LogP contribution in [0.3, 0.4) is 0 Å².